The number of rotatable bonds is 6. The molecule has 3 heteroatoms. The smallest absolute Gasteiger partial charge is 0.162 e. The third-order valence-electron chi connectivity index (χ3n) is 3.37. The molecule has 0 saturated heterocycles. The molecule has 0 amide bonds. The zero-order valence-electron chi connectivity index (χ0n) is 12.0. The highest BCUT2D eigenvalue weighted by Crippen LogP contribution is 2.29. The second-order valence-electron chi connectivity index (χ2n) is 4.94. The lowest BCUT2D eigenvalue weighted by atomic mass is 10.1. The minimum absolute atomic E-state index is 0.238. The molecule has 0 fully saturated rings. The van der Waals surface area contributed by atoms with Gasteiger partial charge in [-0.25, -0.2) is 0 Å². The highest BCUT2D eigenvalue weighted by atomic mass is 16.5. The third kappa shape index (κ3) is 3.75. The van der Waals surface area contributed by atoms with Crippen LogP contribution < -0.4 is 4.74 Å². The molecule has 0 radical (unpaired) electrons. The molecule has 0 atom stereocenters. The van der Waals surface area contributed by atoms with Crippen molar-refractivity contribution in [2.75, 3.05) is 20.7 Å². The van der Waals surface area contributed by atoms with Gasteiger partial charge in [0.1, 0.15) is 0 Å². The van der Waals surface area contributed by atoms with Crippen LogP contribution in [0.25, 0.3) is 0 Å². The normalized spacial score (nSPS) is 10.8. The van der Waals surface area contributed by atoms with Crippen molar-refractivity contribution in [3.8, 4) is 11.5 Å². The molecule has 20 heavy (non-hydrogen) atoms. The Kier molecular flexibility index (Phi) is 5.02. The summed E-state index contributed by atoms with van der Waals surface area (Å²) < 4.78 is 5.13. The number of hydrogen-bond acceptors (Lipinski definition) is 3. The van der Waals surface area contributed by atoms with Gasteiger partial charge in [0.25, 0.3) is 0 Å². The molecule has 0 unspecified atom stereocenters. The zero-order valence-corrected chi connectivity index (χ0v) is 12.0. The average Bonchev–Trinajstić information content (AvgIpc) is 2.48. The number of phenolic OH excluding ortho intramolecular Hbond substituents is 1. The predicted octanol–water partition coefficient (Wildman–Crippen LogP) is 3.08. The largest absolute Gasteiger partial charge is 0.504 e. The molecule has 2 aromatic carbocycles. The number of benzene rings is 2. The van der Waals surface area contributed by atoms with E-state index < -0.39 is 0 Å². The Bertz CT molecular complexity index is 540. The lowest BCUT2D eigenvalue weighted by Gasteiger charge is -2.18. The molecule has 0 aliphatic heterocycles. The number of hydrogen-bond donors (Lipinski definition) is 1. The van der Waals surface area contributed by atoms with Gasteiger partial charge in [-0.3, -0.25) is 0 Å². The second-order valence-corrected chi connectivity index (χ2v) is 4.94. The van der Waals surface area contributed by atoms with E-state index in [0.717, 1.165) is 18.5 Å². The molecule has 2 rings (SSSR count). The predicted molar refractivity (Wildman–Crippen MR) is 81.1 cm³/mol. The Morgan fingerprint density at radius 3 is 2.50 bits per heavy atom. The van der Waals surface area contributed by atoms with E-state index in [4.69, 9.17) is 4.74 Å². The number of phenols is 1. The second kappa shape index (κ2) is 6.96. The highest BCUT2D eigenvalue weighted by molar-refractivity contribution is 5.45. The number of ether oxygens (including phenoxy) is 1. The van der Waals surface area contributed by atoms with E-state index in [1.165, 1.54) is 5.56 Å². The minimum Gasteiger partial charge on any atom is -0.504 e. The van der Waals surface area contributed by atoms with Crippen molar-refractivity contribution in [3.63, 3.8) is 0 Å². The quantitative estimate of drug-likeness (QED) is 0.876. The van der Waals surface area contributed by atoms with E-state index in [1.54, 1.807) is 13.2 Å². The minimum atomic E-state index is 0.238. The van der Waals surface area contributed by atoms with Crippen molar-refractivity contribution in [1.29, 1.82) is 0 Å². The summed E-state index contributed by atoms with van der Waals surface area (Å²) in [4.78, 5) is 2.20. The van der Waals surface area contributed by atoms with Crippen molar-refractivity contribution < 1.29 is 9.84 Å². The van der Waals surface area contributed by atoms with Gasteiger partial charge in [-0.15, -0.1) is 0 Å². The van der Waals surface area contributed by atoms with E-state index in [9.17, 15) is 5.11 Å². The highest BCUT2D eigenvalue weighted by Gasteiger charge is 2.09. The standard InChI is InChI=1S/C17H21NO2/c1-18(12-11-14-7-4-3-5-8-14)13-15-9-6-10-16(20-2)17(15)19/h3-10,19H,11-13H2,1-2H3. The summed E-state index contributed by atoms with van der Waals surface area (Å²) in [5.41, 5.74) is 2.22. The summed E-state index contributed by atoms with van der Waals surface area (Å²) in [5.74, 6) is 0.764. The fourth-order valence-electron chi connectivity index (χ4n) is 2.19. The maximum atomic E-state index is 10.1. The summed E-state index contributed by atoms with van der Waals surface area (Å²) in [6.07, 6.45) is 1.00. The average molecular weight is 271 g/mol. The van der Waals surface area contributed by atoms with Crippen molar-refractivity contribution in [1.82, 2.24) is 4.90 Å². The number of methoxy groups -OCH3 is 1. The first kappa shape index (κ1) is 14.4. The maximum absolute atomic E-state index is 10.1. The molecule has 0 aromatic heterocycles. The summed E-state index contributed by atoms with van der Waals surface area (Å²) in [7, 11) is 3.62. The molecule has 0 aliphatic rings. The van der Waals surface area contributed by atoms with Crippen LogP contribution in [0.5, 0.6) is 11.5 Å². The van der Waals surface area contributed by atoms with E-state index in [1.807, 2.05) is 18.2 Å². The van der Waals surface area contributed by atoms with Crippen LogP contribution in [0.2, 0.25) is 0 Å². The molecule has 106 valence electrons. The molecule has 0 aliphatic carbocycles. The van der Waals surface area contributed by atoms with Crippen LogP contribution in [0.3, 0.4) is 0 Å². The van der Waals surface area contributed by atoms with Crippen molar-refractivity contribution in [3.05, 3.63) is 59.7 Å². The first-order chi connectivity index (χ1) is 9.70. The van der Waals surface area contributed by atoms with Gasteiger partial charge in [0, 0.05) is 18.7 Å². The van der Waals surface area contributed by atoms with Gasteiger partial charge in [-0.2, -0.15) is 0 Å². The Labute approximate surface area is 120 Å². The topological polar surface area (TPSA) is 32.7 Å². The summed E-state index contributed by atoms with van der Waals surface area (Å²) in [6, 6.07) is 16.0. The Balaban J connectivity index is 1.93. The molecule has 1 N–H and O–H groups in total. The first-order valence-electron chi connectivity index (χ1n) is 6.78. The van der Waals surface area contributed by atoms with Crippen LogP contribution >= 0.6 is 0 Å². The van der Waals surface area contributed by atoms with Gasteiger partial charge < -0.3 is 14.7 Å². The summed E-state index contributed by atoms with van der Waals surface area (Å²) >= 11 is 0. The summed E-state index contributed by atoms with van der Waals surface area (Å²) in [6.45, 7) is 1.65. The number of aromatic hydroxyl groups is 1. The van der Waals surface area contributed by atoms with Gasteiger partial charge >= 0.3 is 0 Å². The molecule has 0 bridgehead atoms. The van der Waals surface area contributed by atoms with Gasteiger partial charge in [0.2, 0.25) is 0 Å². The van der Waals surface area contributed by atoms with Crippen molar-refractivity contribution in [2.24, 2.45) is 0 Å². The fraction of sp³-hybridized carbons (Fsp3) is 0.294. The number of para-hydroxylation sites is 1. The molecular formula is C17H21NO2. The number of nitrogens with zero attached hydrogens (tertiary/aromatic N) is 1. The van der Waals surface area contributed by atoms with E-state index in [0.29, 0.717) is 12.3 Å². The maximum Gasteiger partial charge on any atom is 0.162 e. The van der Waals surface area contributed by atoms with Crippen LogP contribution in [0.1, 0.15) is 11.1 Å². The van der Waals surface area contributed by atoms with Crippen LogP contribution in [-0.4, -0.2) is 30.7 Å². The van der Waals surface area contributed by atoms with Crippen LogP contribution in [-0.2, 0) is 13.0 Å². The van der Waals surface area contributed by atoms with Gasteiger partial charge in [-0.05, 0) is 25.1 Å². The fourth-order valence-corrected chi connectivity index (χ4v) is 2.19. The first-order valence-corrected chi connectivity index (χ1v) is 6.78. The van der Waals surface area contributed by atoms with Crippen LogP contribution in [0, 0.1) is 0 Å². The Hall–Kier alpha value is -2.00. The van der Waals surface area contributed by atoms with Gasteiger partial charge in [0.15, 0.2) is 11.5 Å². The molecule has 2 aromatic rings. The SMILES string of the molecule is COc1cccc(CN(C)CCc2ccccc2)c1O. The molecule has 0 heterocycles. The Morgan fingerprint density at radius 1 is 1.05 bits per heavy atom. The monoisotopic (exact) mass is 271 g/mol. The third-order valence-corrected chi connectivity index (χ3v) is 3.37. The molecule has 3 nitrogen and oxygen atoms in total. The van der Waals surface area contributed by atoms with Gasteiger partial charge in [0.05, 0.1) is 7.11 Å². The summed E-state index contributed by atoms with van der Waals surface area (Å²) in [5, 5.41) is 10.1. The van der Waals surface area contributed by atoms with E-state index in [2.05, 4.69) is 36.2 Å². The lowest BCUT2D eigenvalue weighted by Crippen LogP contribution is -2.20. The molecular weight excluding hydrogens is 250 g/mol. The van der Waals surface area contributed by atoms with Crippen LogP contribution in [0.15, 0.2) is 48.5 Å². The molecule has 0 saturated carbocycles. The van der Waals surface area contributed by atoms with E-state index >= 15 is 0 Å². The molecule has 0 spiro atoms. The van der Waals surface area contributed by atoms with Gasteiger partial charge in [-0.1, -0.05) is 42.5 Å². The number of likely N-dealkylation sites (N-methyl/N-ethyl adjacent to an activating group) is 1. The van der Waals surface area contributed by atoms with E-state index in [-0.39, 0.29) is 5.75 Å². The zero-order chi connectivity index (χ0) is 14.4. The van der Waals surface area contributed by atoms with Crippen molar-refractivity contribution in [2.45, 2.75) is 13.0 Å². The van der Waals surface area contributed by atoms with Crippen molar-refractivity contribution >= 4 is 0 Å². The Morgan fingerprint density at radius 2 is 1.80 bits per heavy atom. The lowest BCUT2D eigenvalue weighted by molar-refractivity contribution is 0.318. The van der Waals surface area contributed by atoms with Crippen LogP contribution in [0.4, 0.5) is 0 Å².